The Balaban J connectivity index is 1.34. The lowest BCUT2D eigenvalue weighted by Crippen LogP contribution is -2.40. The Morgan fingerprint density at radius 3 is 2.71 bits per heavy atom. The highest BCUT2D eigenvalue weighted by Gasteiger charge is 2.53. The van der Waals surface area contributed by atoms with Gasteiger partial charge in [-0.15, -0.1) is 5.10 Å². The maximum absolute atomic E-state index is 11.7. The van der Waals surface area contributed by atoms with E-state index in [1.165, 1.54) is 36.6 Å². The molecule has 0 spiro atoms. The van der Waals surface area contributed by atoms with E-state index in [2.05, 4.69) is 20.9 Å². The van der Waals surface area contributed by atoms with E-state index in [1.54, 1.807) is 0 Å². The molecule has 0 aliphatic heterocycles. The molecule has 2 fully saturated rings. The monoisotopic (exact) mass is 293 g/mol. The predicted molar refractivity (Wildman–Crippen MR) is 72.8 cm³/mol. The molecule has 0 bridgehead atoms. The zero-order chi connectivity index (χ0) is 14.9. The van der Waals surface area contributed by atoms with E-state index < -0.39 is 5.97 Å². The van der Waals surface area contributed by atoms with E-state index in [1.807, 2.05) is 0 Å². The lowest BCUT2D eigenvalue weighted by atomic mass is 10.0. The molecule has 8 heteroatoms. The lowest BCUT2D eigenvalue weighted by molar-refractivity contribution is 0.0690. The average Bonchev–Trinajstić information content (AvgIpc) is 3.35. The zero-order valence-electron chi connectivity index (χ0n) is 11.7. The smallest absolute Gasteiger partial charge is 0.358 e. The average molecular weight is 293 g/mol. The number of hydrogen-bond donors (Lipinski definition) is 3. The Hall–Kier alpha value is -2.12. The van der Waals surface area contributed by atoms with E-state index in [0.29, 0.717) is 18.5 Å². The third-order valence-corrected chi connectivity index (χ3v) is 4.32. The van der Waals surface area contributed by atoms with Gasteiger partial charge in [-0.3, -0.25) is 0 Å². The largest absolute Gasteiger partial charge is 0.476 e. The van der Waals surface area contributed by atoms with E-state index in [-0.39, 0.29) is 11.7 Å². The summed E-state index contributed by atoms with van der Waals surface area (Å²) in [4.78, 5) is 22.3. The third kappa shape index (κ3) is 3.32. The van der Waals surface area contributed by atoms with Crippen molar-refractivity contribution in [2.75, 3.05) is 13.1 Å². The zero-order valence-corrected chi connectivity index (χ0v) is 11.7. The van der Waals surface area contributed by atoms with Crippen molar-refractivity contribution < 1.29 is 14.7 Å². The number of urea groups is 1. The van der Waals surface area contributed by atoms with Crippen molar-refractivity contribution in [3.63, 3.8) is 0 Å². The molecule has 0 saturated heterocycles. The third-order valence-electron chi connectivity index (χ3n) is 4.32. The summed E-state index contributed by atoms with van der Waals surface area (Å²) in [5.74, 6) is -0.288. The quantitative estimate of drug-likeness (QED) is 0.677. The number of rotatable bonds is 7. The van der Waals surface area contributed by atoms with Crippen LogP contribution in [0.1, 0.15) is 36.2 Å². The minimum atomic E-state index is -1.11. The first-order chi connectivity index (χ1) is 10.1. The first-order valence-electron chi connectivity index (χ1n) is 7.24. The SMILES string of the molecule is O=C(NCCn1cc(C(=O)O)nn1)NCC1(C2CC2)CC1. The summed E-state index contributed by atoms with van der Waals surface area (Å²) >= 11 is 0. The van der Waals surface area contributed by atoms with E-state index >= 15 is 0 Å². The number of carbonyl (C=O) groups excluding carboxylic acids is 1. The Bertz CT molecular complexity index is 548. The fraction of sp³-hybridized carbons (Fsp3) is 0.692. The van der Waals surface area contributed by atoms with Gasteiger partial charge in [0, 0.05) is 13.1 Å². The Morgan fingerprint density at radius 2 is 2.14 bits per heavy atom. The lowest BCUT2D eigenvalue weighted by Gasteiger charge is -2.15. The molecule has 1 aromatic rings. The van der Waals surface area contributed by atoms with Crippen LogP contribution in [-0.4, -0.2) is 45.2 Å². The Labute approximate surface area is 121 Å². The maximum Gasteiger partial charge on any atom is 0.358 e. The number of carboxylic acid groups (broad SMARTS) is 1. The summed E-state index contributed by atoms with van der Waals surface area (Å²) in [7, 11) is 0. The first kappa shape index (κ1) is 13.8. The van der Waals surface area contributed by atoms with Crippen LogP contribution >= 0.6 is 0 Å². The molecule has 3 rings (SSSR count). The number of nitrogens with zero attached hydrogens (tertiary/aromatic N) is 3. The molecule has 114 valence electrons. The molecule has 21 heavy (non-hydrogen) atoms. The van der Waals surface area contributed by atoms with Gasteiger partial charge >= 0.3 is 12.0 Å². The van der Waals surface area contributed by atoms with Crippen LogP contribution in [0.3, 0.4) is 0 Å². The molecule has 0 aromatic carbocycles. The van der Waals surface area contributed by atoms with Crippen molar-refractivity contribution in [2.24, 2.45) is 11.3 Å². The van der Waals surface area contributed by atoms with Gasteiger partial charge in [-0.2, -0.15) is 0 Å². The number of amides is 2. The van der Waals surface area contributed by atoms with Crippen LogP contribution in [0.5, 0.6) is 0 Å². The molecule has 3 N–H and O–H groups in total. The highest BCUT2D eigenvalue weighted by Crippen LogP contribution is 2.60. The number of aromatic nitrogens is 3. The van der Waals surface area contributed by atoms with Gasteiger partial charge in [0.15, 0.2) is 5.69 Å². The van der Waals surface area contributed by atoms with Crippen molar-refractivity contribution in [3.05, 3.63) is 11.9 Å². The summed E-state index contributed by atoms with van der Waals surface area (Å²) in [6.45, 7) is 1.53. The van der Waals surface area contributed by atoms with Crippen LogP contribution < -0.4 is 10.6 Å². The fourth-order valence-corrected chi connectivity index (χ4v) is 2.69. The molecule has 0 radical (unpaired) electrons. The van der Waals surface area contributed by atoms with Gasteiger partial charge in [-0.05, 0) is 37.0 Å². The standard InChI is InChI=1S/C13H19N5O3/c19-11(20)10-7-18(17-16-10)6-5-14-12(21)15-8-13(3-4-13)9-1-2-9/h7,9H,1-6,8H2,(H,19,20)(H2,14,15,21). The van der Waals surface area contributed by atoms with Crippen LogP contribution in [0, 0.1) is 11.3 Å². The first-order valence-corrected chi connectivity index (χ1v) is 7.24. The molecular formula is C13H19N5O3. The van der Waals surface area contributed by atoms with Crippen molar-refractivity contribution in [3.8, 4) is 0 Å². The molecule has 2 saturated carbocycles. The minimum Gasteiger partial charge on any atom is -0.476 e. The summed E-state index contributed by atoms with van der Waals surface area (Å²) < 4.78 is 1.40. The van der Waals surface area contributed by atoms with Gasteiger partial charge in [-0.1, -0.05) is 5.21 Å². The molecule has 2 aliphatic rings. The van der Waals surface area contributed by atoms with E-state index in [0.717, 1.165) is 12.5 Å². The summed E-state index contributed by atoms with van der Waals surface area (Å²) in [6, 6.07) is -0.180. The molecule has 0 unspecified atom stereocenters. The van der Waals surface area contributed by atoms with Gasteiger partial charge in [-0.25, -0.2) is 14.3 Å². The highest BCUT2D eigenvalue weighted by molar-refractivity contribution is 5.84. The Kier molecular flexibility index (Phi) is 3.52. The molecular weight excluding hydrogens is 274 g/mol. The summed E-state index contributed by atoms with van der Waals surface area (Å²) in [5, 5.41) is 21.6. The van der Waals surface area contributed by atoms with Crippen LogP contribution in [0.2, 0.25) is 0 Å². The number of carbonyl (C=O) groups is 2. The molecule has 1 aromatic heterocycles. The molecule has 8 nitrogen and oxygen atoms in total. The van der Waals surface area contributed by atoms with Crippen molar-refractivity contribution >= 4 is 12.0 Å². The van der Waals surface area contributed by atoms with Gasteiger partial charge < -0.3 is 15.7 Å². The van der Waals surface area contributed by atoms with Crippen molar-refractivity contribution in [1.82, 2.24) is 25.6 Å². The second kappa shape index (κ2) is 5.34. The Morgan fingerprint density at radius 1 is 1.38 bits per heavy atom. The second-order valence-electron chi connectivity index (χ2n) is 5.92. The summed E-state index contributed by atoms with van der Waals surface area (Å²) in [6.07, 6.45) is 6.42. The maximum atomic E-state index is 11.7. The number of carboxylic acids is 1. The van der Waals surface area contributed by atoms with Crippen LogP contribution in [0.15, 0.2) is 6.20 Å². The number of hydrogen-bond acceptors (Lipinski definition) is 4. The molecule has 2 amide bonds. The van der Waals surface area contributed by atoms with Crippen molar-refractivity contribution in [1.29, 1.82) is 0 Å². The van der Waals surface area contributed by atoms with Crippen LogP contribution in [0.4, 0.5) is 4.79 Å². The highest BCUT2D eigenvalue weighted by atomic mass is 16.4. The van der Waals surface area contributed by atoms with Gasteiger partial charge in [0.1, 0.15) is 0 Å². The number of nitrogens with one attached hydrogen (secondary N) is 2. The summed E-state index contributed by atoms with van der Waals surface area (Å²) in [5.41, 5.74) is 0.291. The predicted octanol–water partition coefficient (Wildman–Crippen LogP) is 0.466. The minimum absolute atomic E-state index is 0.0976. The number of aromatic carboxylic acids is 1. The topological polar surface area (TPSA) is 109 Å². The fourth-order valence-electron chi connectivity index (χ4n) is 2.69. The van der Waals surface area contributed by atoms with Crippen LogP contribution in [0.25, 0.3) is 0 Å². The van der Waals surface area contributed by atoms with Gasteiger partial charge in [0.2, 0.25) is 0 Å². The van der Waals surface area contributed by atoms with Crippen molar-refractivity contribution in [2.45, 2.75) is 32.2 Å². The molecule has 1 heterocycles. The van der Waals surface area contributed by atoms with E-state index in [9.17, 15) is 9.59 Å². The molecule has 2 aliphatic carbocycles. The second-order valence-corrected chi connectivity index (χ2v) is 5.92. The van der Waals surface area contributed by atoms with Crippen LogP contribution in [-0.2, 0) is 6.54 Å². The molecule has 0 atom stereocenters. The van der Waals surface area contributed by atoms with Gasteiger partial charge in [0.25, 0.3) is 0 Å². The normalized spacial score (nSPS) is 19.0. The van der Waals surface area contributed by atoms with Gasteiger partial charge in [0.05, 0.1) is 12.7 Å². The van der Waals surface area contributed by atoms with E-state index in [4.69, 9.17) is 5.11 Å².